The third-order valence-electron chi connectivity index (χ3n) is 4.06. The number of aryl methyl sites for hydroxylation is 2. The second kappa shape index (κ2) is 7.82. The SMILES string of the molecule is Cc1ccc(OCCNC(=O)Cn2cnc3ccccc3c2=O)c(C)c1. The van der Waals surface area contributed by atoms with Gasteiger partial charge in [-0.15, -0.1) is 0 Å². The minimum Gasteiger partial charge on any atom is -0.491 e. The molecule has 1 amide bonds. The van der Waals surface area contributed by atoms with Gasteiger partial charge in [0.05, 0.1) is 23.8 Å². The maximum atomic E-state index is 12.4. The molecule has 0 saturated carbocycles. The zero-order valence-corrected chi connectivity index (χ0v) is 14.9. The minimum atomic E-state index is -0.256. The van der Waals surface area contributed by atoms with Crippen LogP contribution in [0.15, 0.2) is 53.6 Å². The second-order valence-corrected chi connectivity index (χ2v) is 6.16. The van der Waals surface area contributed by atoms with E-state index in [9.17, 15) is 9.59 Å². The lowest BCUT2D eigenvalue weighted by Crippen LogP contribution is -2.34. The first-order chi connectivity index (χ1) is 12.5. The fourth-order valence-electron chi connectivity index (χ4n) is 2.74. The van der Waals surface area contributed by atoms with Crippen LogP contribution in [-0.4, -0.2) is 28.6 Å². The van der Waals surface area contributed by atoms with Crippen molar-refractivity contribution in [2.45, 2.75) is 20.4 Å². The van der Waals surface area contributed by atoms with E-state index in [0.29, 0.717) is 24.1 Å². The van der Waals surface area contributed by atoms with Crippen molar-refractivity contribution in [1.29, 1.82) is 0 Å². The van der Waals surface area contributed by atoms with Gasteiger partial charge in [0, 0.05) is 0 Å². The Hall–Kier alpha value is -3.15. The lowest BCUT2D eigenvalue weighted by Gasteiger charge is -2.11. The summed E-state index contributed by atoms with van der Waals surface area (Å²) in [7, 11) is 0. The highest BCUT2D eigenvalue weighted by molar-refractivity contribution is 5.78. The van der Waals surface area contributed by atoms with Crippen molar-refractivity contribution in [2.24, 2.45) is 0 Å². The Morgan fingerprint density at radius 3 is 2.81 bits per heavy atom. The first kappa shape index (κ1) is 17.7. The Kier molecular flexibility index (Phi) is 5.31. The summed E-state index contributed by atoms with van der Waals surface area (Å²) in [6.45, 7) is 4.67. The van der Waals surface area contributed by atoms with Gasteiger partial charge in [-0.1, -0.05) is 29.8 Å². The topological polar surface area (TPSA) is 73.2 Å². The molecule has 0 aliphatic carbocycles. The standard InChI is InChI=1S/C20H21N3O3/c1-14-7-8-18(15(2)11-14)26-10-9-21-19(24)12-23-13-22-17-6-4-3-5-16(17)20(23)25/h3-8,11,13H,9-10,12H2,1-2H3,(H,21,24). The molecule has 0 aliphatic rings. The van der Waals surface area contributed by atoms with Gasteiger partial charge in [0.2, 0.25) is 5.91 Å². The Balaban J connectivity index is 1.53. The number of fused-ring (bicyclic) bond motifs is 1. The molecule has 3 rings (SSSR count). The van der Waals surface area contributed by atoms with E-state index in [1.165, 1.54) is 16.5 Å². The molecule has 1 heterocycles. The van der Waals surface area contributed by atoms with E-state index >= 15 is 0 Å². The van der Waals surface area contributed by atoms with Crippen molar-refractivity contribution in [3.05, 3.63) is 70.3 Å². The molecule has 134 valence electrons. The van der Waals surface area contributed by atoms with Crippen molar-refractivity contribution in [3.63, 3.8) is 0 Å². The van der Waals surface area contributed by atoms with Crippen LogP contribution in [0.2, 0.25) is 0 Å². The van der Waals surface area contributed by atoms with E-state index < -0.39 is 0 Å². The van der Waals surface area contributed by atoms with E-state index in [-0.39, 0.29) is 18.0 Å². The molecule has 0 aliphatic heterocycles. The molecular formula is C20H21N3O3. The third kappa shape index (κ3) is 4.08. The number of hydrogen-bond donors (Lipinski definition) is 1. The minimum absolute atomic E-state index is 0.0692. The number of nitrogens with zero attached hydrogens (tertiary/aromatic N) is 2. The van der Waals surface area contributed by atoms with Crippen LogP contribution in [-0.2, 0) is 11.3 Å². The first-order valence-electron chi connectivity index (χ1n) is 8.45. The van der Waals surface area contributed by atoms with Gasteiger partial charge in [-0.2, -0.15) is 0 Å². The number of carbonyl (C=O) groups excluding carboxylic acids is 1. The van der Waals surface area contributed by atoms with Gasteiger partial charge in [-0.05, 0) is 37.6 Å². The molecule has 6 heteroatoms. The monoisotopic (exact) mass is 351 g/mol. The van der Waals surface area contributed by atoms with Crippen molar-refractivity contribution < 1.29 is 9.53 Å². The summed E-state index contributed by atoms with van der Waals surface area (Å²) >= 11 is 0. The summed E-state index contributed by atoms with van der Waals surface area (Å²) in [6, 6.07) is 13.0. The van der Waals surface area contributed by atoms with E-state index in [1.807, 2.05) is 38.1 Å². The molecule has 3 aromatic rings. The first-order valence-corrected chi connectivity index (χ1v) is 8.45. The molecule has 0 saturated heterocycles. The lowest BCUT2D eigenvalue weighted by molar-refractivity contribution is -0.121. The molecule has 0 bridgehead atoms. The summed E-state index contributed by atoms with van der Waals surface area (Å²) < 4.78 is 6.99. The molecule has 0 unspecified atom stereocenters. The molecule has 0 radical (unpaired) electrons. The van der Waals surface area contributed by atoms with Crippen LogP contribution in [0.4, 0.5) is 0 Å². The normalized spacial score (nSPS) is 10.7. The van der Waals surface area contributed by atoms with Crippen molar-refractivity contribution in [3.8, 4) is 5.75 Å². The maximum Gasteiger partial charge on any atom is 0.261 e. The van der Waals surface area contributed by atoms with Crippen LogP contribution in [0.3, 0.4) is 0 Å². The van der Waals surface area contributed by atoms with E-state index in [2.05, 4.69) is 10.3 Å². The molecule has 0 spiro atoms. The van der Waals surface area contributed by atoms with Crippen molar-refractivity contribution in [2.75, 3.05) is 13.2 Å². The largest absolute Gasteiger partial charge is 0.491 e. The average Bonchev–Trinajstić information content (AvgIpc) is 2.63. The zero-order chi connectivity index (χ0) is 18.5. The van der Waals surface area contributed by atoms with Crippen LogP contribution in [0, 0.1) is 13.8 Å². The van der Waals surface area contributed by atoms with Crippen LogP contribution in [0.5, 0.6) is 5.75 Å². The molecule has 0 atom stereocenters. The summed E-state index contributed by atoms with van der Waals surface area (Å²) in [5.74, 6) is 0.549. The second-order valence-electron chi connectivity index (χ2n) is 6.16. The van der Waals surface area contributed by atoms with Crippen LogP contribution in [0.1, 0.15) is 11.1 Å². The molecule has 26 heavy (non-hydrogen) atoms. The van der Waals surface area contributed by atoms with E-state index in [4.69, 9.17) is 4.74 Å². The zero-order valence-electron chi connectivity index (χ0n) is 14.9. The van der Waals surface area contributed by atoms with Gasteiger partial charge >= 0.3 is 0 Å². The predicted molar refractivity (Wildman–Crippen MR) is 100 cm³/mol. The highest BCUT2D eigenvalue weighted by Crippen LogP contribution is 2.18. The van der Waals surface area contributed by atoms with Gasteiger partial charge in [-0.25, -0.2) is 4.98 Å². The maximum absolute atomic E-state index is 12.4. The lowest BCUT2D eigenvalue weighted by atomic mass is 10.1. The molecule has 1 aromatic heterocycles. The quantitative estimate of drug-likeness (QED) is 0.691. The highest BCUT2D eigenvalue weighted by atomic mass is 16.5. The van der Waals surface area contributed by atoms with Gasteiger partial charge in [-0.3, -0.25) is 14.2 Å². The number of ether oxygens (including phenoxy) is 1. The predicted octanol–water partition coefficient (Wildman–Crippen LogP) is 2.21. The Labute approximate surface area is 151 Å². The summed E-state index contributed by atoms with van der Waals surface area (Å²) in [5, 5.41) is 3.26. The smallest absolute Gasteiger partial charge is 0.261 e. The molecular weight excluding hydrogens is 330 g/mol. The van der Waals surface area contributed by atoms with E-state index in [1.54, 1.807) is 18.2 Å². The fourth-order valence-corrected chi connectivity index (χ4v) is 2.74. The van der Waals surface area contributed by atoms with Crippen molar-refractivity contribution in [1.82, 2.24) is 14.9 Å². The third-order valence-corrected chi connectivity index (χ3v) is 4.06. The number of nitrogens with one attached hydrogen (secondary N) is 1. The van der Waals surface area contributed by atoms with Gasteiger partial charge in [0.15, 0.2) is 0 Å². The molecule has 1 N–H and O–H groups in total. The number of para-hydroxylation sites is 1. The van der Waals surface area contributed by atoms with Crippen LogP contribution in [0.25, 0.3) is 10.9 Å². The number of hydrogen-bond acceptors (Lipinski definition) is 4. The Morgan fingerprint density at radius 1 is 1.19 bits per heavy atom. The number of carbonyl (C=O) groups is 1. The Morgan fingerprint density at radius 2 is 2.00 bits per heavy atom. The number of aromatic nitrogens is 2. The molecule has 0 fully saturated rings. The summed E-state index contributed by atoms with van der Waals surface area (Å²) in [4.78, 5) is 28.6. The fraction of sp³-hybridized carbons (Fsp3) is 0.250. The van der Waals surface area contributed by atoms with Gasteiger partial charge in [0.1, 0.15) is 18.9 Å². The van der Waals surface area contributed by atoms with Gasteiger partial charge in [0.25, 0.3) is 5.56 Å². The summed E-state index contributed by atoms with van der Waals surface area (Å²) in [6.07, 6.45) is 1.40. The number of amides is 1. The number of rotatable bonds is 6. The average molecular weight is 351 g/mol. The molecule has 2 aromatic carbocycles. The van der Waals surface area contributed by atoms with E-state index in [0.717, 1.165) is 11.3 Å². The molecule has 6 nitrogen and oxygen atoms in total. The van der Waals surface area contributed by atoms with Gasteiger partial charge < -0.3 is 10.1 Å². The van der Waals surface area contributed by atoms with Crippen LogP contribution < -0.4 is 15.6 Å². The van der Waals surface area contributed by atoms with Crippen LogP contribution >= 0.6 is 0 Å². The number of benzene rings is 2. The van der Waals surface area contributed by atoms with Crippen molar-refractivity contribution >= 4 is 16.8 Å². The summed E-state index contributed by atoms with van der Waals surface area (Å²) in [5.41, 5.74) is 2.64. The highest BCUT2D eigenvalue weighted by Gasteiger charge is 2.08. The Bertz CT molecular complexity index is 995.